The minimum atomic E-state index is 0.245. The quantitative estimate of drug-likeness (QED) is 0.613. The molecule has 1 aliphatic heterocycles. The average molecular weight is 414 g/mol. The van der Waals surface area contributed by atoms with Gasteiger partial charge in [0.2, 0.25) is 0 Å². The summed E-state index contributed by atoms with van der Waals surface area (Å²) in [6.07, 6.45) is 3.40. The summed E-state index contributed by atoms with van der Waals surface area (Å²) in [5.74, 6) is 1.81. The zero-order chi connectivity index (χ0) is 20.5. The van der Waals surface area contributed by atoms with Gasteiger partial charge in [-0.15, -0.1) is 0 Å². The van der Waals surface area contributed by atoms with Crippen molar-refractivity contribution in [3.8, 4) is 11.5 Å². The van der Waals surface area contributed by atoms with Crippen LogP contribution in [0.1, 0.15) is 30.0 Å². The first kappa shape index (κ1) is 21.4. The molecule has 1 fully saturated rings. The zero-order valence-electron chi connectivity index (χ0n) is 17.3. The summed E-state index contributed by atoms with van der Waals surface area (Å²) in [6, 6.07) is 16.7. The van der Waals surface area contributed by atoms with Crippen LogP contribution in [0.2, 0.25) is 0 Å². The molecule has 6 heteroatoms. The highest BCUT2D eigenvalue weighted by Crippen LogP contribution is 2.31. The molecule has 156 valence electrons. The van der Waals surface area contributed by atoms with Crippen LogP contribution in [0.15, 0.2) is 48.5 Å². The van der Waals surface area contributed by atoms with Crippen molar-refractivity contribution in [3.63, 3.8) is 0 Å². The third-order valence-electron chi connectivity index (χ3n) is 5.39. The number of nitrogens with one attached hydrogen (secondary N) is 2. The first-order chi connectivity index (χ1) is 14.2. The van der Waals surface area contributed by atoms with Crippen LogP contribution in [0.4, 0.5) is 0 Å². The van der Waals surface area contributed by atoms with Gasteiger partial charge < -0.3 is 20.1 Å². The van der Waals surface area contributed by atoms with Crippen LogP contribution in [0.5, 0.6) is 11.5 Å². The maximum Gasteiger partial charge on any atom is 0.166 e. The van der Waals surface area contributed by atoms with E-state index in [1.165, 1.54) is 24.0 Å². The average Bonchev–Trinajstić information content (AvgIpc) is 3.29. The molecule has 1 atom stereocenters. The lowest BCUT2D eigenvalue weighted by atomic mass is 10.0. The lowest BCUT2D eigenvalue weighted by Crippen LogP contribution is -2.42. The molecule has 1 saturated heterocycles. The van der Waals surface area contributed by atoms with E-state index in [0.717, 1.165) is 44.1 Å². The summed E-state index contributed by atoms with van der Waals surface area (Å²) < 4.78 is 10.8. The van der Waals surface area contributed by atoms with Crippen molar-refractivity contribution < 1.29 is 9.47 Å². The Kier molecular flexibility index (Phi) is 8.14. The first-order valence-corrected chi connectivity index (χ1v) is 10.6. The molecule has 0 spiro atoms. The molecule has 1 aliphatic rings. The summed E-state index contributed by atoms with van der Waals surface area (Å²) in [4.78, 5) is 2.52. The highest BCUT2D eigenvalue weighted by Gasteiger charge is 2.25. The third kappa shape index (κ3) is 6.08. The minimum Gasteiger partial charge on any atom is -0.497 e. The highest BCUT2D eigenvalue weighted by atomic mass is 32.1. The van der Waals surface area contributed by atoms with Crippen LogP contribution >= 0.6 is 12.2 Å². The number of hydrogen-bond acceptors (Lipinski definition) is 4. The van der Waals surface area contributed by atoms with Gasteiger partial charge in [0.25, 0.3) is 0 Å². The van der Waals surface area contributed by atoms with Gasteiger partial charge >= 0.3 is 0 Å². The summed E-state index contributed by atoms with van der Waals surface area (Å²) in [7, 11) is 3.42. The predicted molar refractivity (Wildman–Crippen MR) is 122 cm³/mol. The number of ether oxygens (including phenoxy) is 2. The second-order valence-corrected chi connectivity index (χ2v) is 7.64. The SMILES string of the molecule is COc1ccc(CCNC(=S)NCC(c2ccccc2OC)N2CCCC2)cc1. The smallest absolute Gasteiger partial charge is 0.166 e. The molecule has 5 nitrogen and oxygen atoms in total. The molecular formula is C23H31N3O2S. The van der Waals surface area contributed by atoms with E-state index < -0.39 is 0 Å². The Morgan fingerprint density at radius 2 is 1.72 bits per heavy atom. The molecule has 1 heterocycles. The van der Waals surface area contributed by atoms with E-state index >= 15 is 0 Å². The van der Waals surface area contributed by atoms with Crippen LogP contribution in [0.25, 0.3) is 0 Å². The molecule has 0 amide bonds. The van der Waals surface area contributed by atoms with Crippen LogP contribution in [-0.4, -0.2) is 50.4 Å². The molecule has 2 N–H and O–H groups in total. The standard InChI is InChI=1S/C23H31N3O2S/c1-27-19-11-9-18(10-12-19)13-14-24-23(29)25-17-21(26-15-5-6-16-26)20-7-3-4-8-22(20)28-2/h3-4,7-12,21H,5-6,13-17H2,1-2H3,(H2,24,25,29). The Labute approximate surface area is 179 Å². The Morgan fingerprint density at radius 3 is 2.41 bits per heavy atom. The van der Waals surface area contributed by atoms with Gasteiger partial charge in [-0.25, -0.2) is 0 Å². The van der Waals surface area contributed by atoms with Gasteiger partial charge in [0.05, 0.1) is 20.3 Å². The number of hydrogen-bond donors (Lipinski definition) is 2. The number of rotatable bonds is 9. The highest BCUT2D eigenvalue weighted by molar-refractivity contribution is 7.80. The van der Waals surface area contributed by atoms with Crippen molar-refractivity contribution >= 4 is 17.3 Å². The topological polar surface area (TPSA) is 45.8 Å². The van der Waals surface area contributed by atoms with Gasteiger partial charge in [-0.1, -0.05) is 30.3 Å². The van der Waals surface area contributed by atoms with Crippen molar-refractivity contribution in [1.29, 1.82) is 0 Å². The number of benzene rings is 2. The lowest BCUT2D eigenvalue weighted by Gasteiger charge is -2.29. The minimum absolute atomic E-state index is 0.245. The van der Waals surface area contributed by atoms with Crippen molar-refractivity contribution in [2.24, 2.45) is 0 Å². The fourth-order valence-corrected chi connectivity index (χ4v) is 3.98. The number of thiocarbonyl (C=S) groups is 1. The van der Waals surface area contributed by atoms with Crippen molar-refractivity contribution in [2.45, 2.75) is 25.3 Å². The Morgan fingerprint density at radius 1 is 1.00 bits per heavy atom. The number of likely N-dealkylation sites (tertiary alicyclic amines) is 1. The number of nitrogens with zero attached hydrogens (tertiary/aromatic N) is 1. The molecule has 0 aromatic heterocycles. The number of para-hydroxylation sites is 1. The molecule has 29 heavy (non-hydrogen) atoms. The van der Waals surface area contributed by atoms with E-state index in [-0.39, 0.29) is 6.04 Å². The van der Waals surface area contributed by atoms with Crippen LogP contribution in [0.3, 0.4) is 0 Å². The Bertz CT molecular complexity index is 776. The Hall–Kier alpha value is -2.31. The van der Waals surface area contributed by atoms with Gasteiger partial charge in [-0.2, -0.15) is 0 Å². The van der Waals surface area contributed by atoms with Gasteiger partial charge in [-0.3, -0.25) is 4.90 Å². The van der Waals surface area contributed by atoms with E-state index in [2.05, 4.69) is 39.8 Å². The second-order valence-electron chi connectivity index (χ2n) is 7.24. The van der Waals surface area contributed by atoms with Crippen LogP contribution in [0, 0.1) is 0 Å². The van der Waals surface area contributed by atoms with Gasteiger partial charge in [0, 0.05) is 18.7 Å². The summed E-state index contributed by atoms with van der Waals surface area (Å²) in [5.41, 5.74) is 2.47. The van der Waals surface area contributed by atoms with E-state index in [4.69, 9.17) is 21.7 Å². The summed E-state index contributed by atoms with van der Waals surface area (Å²) in [6.45, 7) is 3.78. The van der Waals surface area contributed by atoms with Crippen molar-refractivity contribution in [1.82, 2.24) is 15.5 Å². The molecule has 3 rings (SSSR count). The monoisotopic (exact) mass is 413 g/mol. The van der Waals surface area contributed by atoms with Gasteiger partial charge in [0.15, 0.2) is 5.11 Å². The fourth-order valence-electron chi connectivity index (χ4n) is 3.80. The van der Waals surface area contributed by atoms with Crippen LogP contribution in [-0.2, 0) is 6.42 Å². The molecule has 1 unspecified atom stereocenters. The number of methoxy groups -OCH3 is 2. The third-order valence-corrected chi connectivity index (χ3v) is 5.68. The van der Waals surface area contributed by atoms with Gasteiger partial charge in [-0.05, 0) is 68.3 Å². The van der Waals surface area contributed by atoms with Crippen molar-refractivity contribution in [2.75, 3.05) is 40.4 Å². The van der Waals surface area contributed by atoms with E-state index in [1.54, 1.807) is 14.2 Å². The molecule has 2 aromatic carbocycles. The van der Waals surface area contributed by atoms with Crippen molar-refractivity contribution in [3.05, 3.63) is 59.7 Å². The summed E-state index contributed by atoms with van der Waals surface area (Å²) in [5, 5.41) is 7.43. The molecule has 2 aromatic rings. The van der Waals surface area contributed by atoms with Crippen LogP contribution < -0.4 is 20.1 Å². The molecule has 0 radical (unpaired) electrons. The molecule has 0 aliphatic carbocycles. The summed E-state index contributed by atoms with van der Waals surface area (Å²) >= 11 is 5.52. The van der Waals surface area contributed by atoms with Gasteiger partial charge in [0.1, 0.15) is 11.5 Å². The predicted octanol–water partition coefficient (Wildman–Crippen LogP) is 3.55. The molecule has 0 bridgehead atoms. The lowest BCUT2D eigenvalue weighted by molar-refractivity contribution is 0.239. The fraction of sp³-hybridized carbons (Fsp3) is 0.435. The van der Waals surface area contributed by atoms with E-state index in [1.807, 2.05) is 24.3 Å². The second kappa shape index (κ2) is 11.0. The molecule has 0 saturated carbocycles. The first-order valence-electron chi connectivity index (χ1n) is 10.2. The largest absolute Gasteiger partial charge is 0.497 e. The Balaban J connectivity index is 1.52. The maximum absolute atomic E-state index is 5.61. The normalized spacial score (nSPS) is 15.0. The van der Waals surface area contributed by atoms with E-state index in [9.17, 15) is 0 Å². The van der Waals surface area contributed by atoms with E-state index in [0.29, 0.717) is 5.11 Å². The zero-order valence-corrected chi connectivity index (χ0v) is 18.1. The molecular weight excluding hydrogens is 382 g/mol. The maximum atomic E-state index is 5.61.